The summed E-state index contributed by atoms with van der Waals surface area (Å²) in [5.41, 5.74) is 5.90. The van der Waals surface area contributed by atoms with E-state index < -0.39 is 0 Å². The van der Waals surface area contributed by atoms with Gasteiger partial charge in [-0.2, -0.15) is 0 Å². The third kappa shape index (κ3) is 6.29. The number of nitrogens with two attached hydrogens (primary N) is 1. The van der Waals surface area contributed by atoms with Crippen molar-refractivity contribution in [2.75, 3.05) is 13.1 Å². The third-order valence-electron chi connectivity index (χ3n) is 4.62. The molecule has 0 aliphatic heterocycles. The minimum atomic E-state index is -0.294. The van der Waals surface area contributed by atoms with E-state index in [2.05, 4.69) is 5.32 Å². The lowest BCUT2D eigenvalue weighted by Crippen LogP contribution is -2.40. The van der Waals surface area contributed by atoms with Crippen molar-refractivity contribution < 1.29 is 13.9 Å². The normalized spacial score (nSPS) is 17.5. The van der Waals surface area contributed by atoms with Crippen molar-refractivity contribution in [1.82, 2.24) is 5.32 Å². The van der Waals surface area contributed by atoms with E-state index in [-0.39, 0.29) is 35.7 Å². The molecule has 1 aliphatic carbocycles. The highest BCUT2D eigenvalue weighted by Crippen LogP contribution is 2.38. The zero-order valence-corrected chi connectivity index (χ0v) is 15.0. The summed E-state index contributed by atoms with van der Waals surface area (Å²) in [5.74, 6) is 0.337. The van der Waals surface area contributed by atoms with Gasteiger partial charge < -0.3 is 15.8 Å². The van der Waals surface area contributed by atoms with Gasteiger partial charge in [0, 0.05) is 6.42 Å². The molecular weight excluding hydrogens is 331 g/mol. The van der Waals surface area contributed by atoms with Crippen LogP contribution in [0.1, 0.15) is 45.4 Å². The summed E-state index contributed by atoms with van der Waals surface area (Å²) in [5, 5.41) is 2.93. The number of carbonyl (C=O) groups is 1. The maximum atomic E-state index is 12.8. The van der Waals surface area contributed by atoms with Crippen LogP contribution < -0.4 is 15.8 Å². The van der Waals surface area contributed by atoms with E-state index in [4.69, 9.17) is 10.5 Å². The zero-order chi connectivity index (χ0) is 16.7. The van der Waals surface area contributed by atoms with Crippen LogP contribution in [0.15, 0.2) is 24.3 Å². The number of ether oxygens (including phenoxy) is 1. The van der Waals surface area contributed by atoms with E-state index in [1.54, 1.807) is 12.1 Å². The number of hydrogen-bond donors (Lipinski definition) is 2. The summed E-state index contributed by atoms with van der Waals surface area (Å²) >= 11 is 0. The van der Waals surface area contributed by atoms with Crippen LogP contribution in [0, 0.1) is 11.2 Å². The van der Waals surface area contributed by atoms with Gasteiger partial charge in [0.1, 0.15) is 17.7 Å². The molecule has 0 heterocycles. The van der Waals surface area contributed by atoms with Crippen molar-refractivity contribution in [3.8, 4) is 5.75 Å². The number of nitrogens with one attached hydrogen (secondary N) is 1. The quantitative estimate of drug-likeness (QED) is 0.784. The molecule has 0 aromatic heterocycles. The van der Waals surface area contributed by atoms with Crippen molar-refractivity contribution in [3.63, 3.8) is 0 Å². The first kappa shape index (κ1) is 20.7. The van der Waals surface area contributed by atoms with Crippen LogP contribution >= 0.6 is 12.4 Å². The molecule has 0 saturated heterocycles. The average molecular weight is 359 g/mol. The number of hydrogen-bond acceptors (Lipinski definition) is 3. The Bertz CT molecular complexity index is 504. The SMILES string of the molecule is CC(CNC(=O)CC1(CN)CCCCC1)Oc1ccc(F)cc1.Cl. The highest BCUT2D eigenvalue weighted by atomic mass is 35.5. The van der Waals surface area contributed by atoms with Crippen LogP contribution in [0.3, 0.4) is 0 Å². The van der Waals surface area contributed by atoms with Crippen LogP contribution in [0.5, 0.6) is 5.75 Å². The fraction of sp³-hybridized carbons (Fsp3) is 0.611. The summed E-state index contributed by atoms with van der Waals surface area (Å²) in [7, 11) is 0. The second kappa shape index (κ2) is 9.84. The molecule has 1 aromatic rings. The zero-order valence-electron chi connectivity index (χ0n) is 14.2. The van der Waals surface area contributed by atoms with Crippen LogP contribution in [-0.2, 0) is 4.79 Å². The third-order valence-corrected chi connectivity index (χ3v) is 4.62. The molecule has 1 unspecified atom stereocenters. The number of rotatable bonds is 7. The minimum Gasteiger partial charge on any atom is -0.489 e. The predicted molar refractivity (Wildman–Crippen MR) is 95.9 cm³/mol. The molecule has 1 saturated carbocycles. The number of benzene rings is 1. The van der Waals surface area contributed by atoms with Gasteiger partial charge >= 0.3 is 0 Å². The van der Waals surface area contributed by atoms with Crippen LogP contribution in [-0.4, -0.2) is 25.1 Å². The van der Waals surface area contributed by atoms with Crippen molar-refractivity contribution in [2.24, 2.45) is 11.1 Å². The molecule has 3 N–H and O–H groups in total. The van der Waals surface area contributed by atoms with E-state index >= 15 is 0 Å². The maximum absolute atomic E-state index is 12.8. The minimum absolute atomic E-state index is 0. The van der Waals surface area contributed by atoms with Crippen molar-refractivity contribution >= 4 is 18.3 Å². The van der Waals surface area contributed by atoms with E-state index in [1.165, 1.54) is 18.6 Å². The van der Waals surface area contributed by atoms with Gasteiger partial charge in [-0.15, -0.1) is 12.4 Å². The molecule has 6 heteroatoms. The molecule has 0 bridgehead atoms. The smallest absolute Gasteiger partial charge is 0.220 e. The van der Waals surface area contributed by atoms with Gasteiger partial charge in [-0.3, -0.25) is 4.79 Å². The molecular formula is C18H28ClFN2O2. The molecule has 1 atom stereocenters. The first-order valence-electron chi connectivity index (χ1n) is 8.42. The van der Waals surface area contributed by atoms with Crippen LogP contribution in [0.25, 0.3) is 0 Å². The molecule has 0 spiro atoms. The summed E-state index contributed by atoms with van der Waals surface area (Å²) in [6.07, 6.45) is 5.96. The molecule has 2 rings (SSSR count). The van der Waals surface area contributed by atoms with Gasteiger partial charge in [-0.05, 0) is 56.0 Å². The Balaban J connectivity index is 0.00000288. The fourth-order valence-corrected chi connectivity index (χ4v) is 3.20. The monoisotopic (exact) mass is 358 g/mol. The van der Waals surface area contributed by atoms with Crippen LogP contribution in [0.2, 0.25) is 0 Å². The first-order chi connectivity index (χ1) is 11.0. The van der Waals surface area contributed by atoms with Crippen molar-refractivity contribution in [3.05, 3.63) is 30.1 Å². The summed E-state index contributed by atoms with van der Waals surface area (Å²) < 4.78 is 18.5. The molecule has 0 radical (unpaired) electrons. The molecule has 4 nitrogen and oxygen atoms in total. The van der Waals surface area contributed by atoms with Crippen molar-refractivity contribution in [1.29, 1.82) is 0 Å². The fourth-order valence-electron chi connectivity index (χ4n) is 3.20. The molecule has 1 aliphatic rings. The second-order valence-corrected chi connectivity index (χ2v) is 6.63. The lowest BCUT2D eigenvalue weighted by molar-refractivity contribution is -0.124. The van der Waals surface area contributed by atoms with E-state index in [1.807, 2.05) is 6.92 Å². The van der Waals surface area contributed by atoms with Gasteiger partial charge in [0.25, 0.3) is 0 Å². The van der Waals surface area contributed by atoms with E-state index in [9.17, 15) is 9.18 Å². The van der Waals surface area contributed by atoms with Gasteiger partial charge in [-0.25, -0.2) is 4.39 Å². The van der Waals surface area contributed by atoms with E-state index in [0.717, 1.165) is 25.7 Å². The molecule has 1 aromatic carbocycles. The predicted octanol–water partition coefficient (Wildman–Crippen LogP) is 3.43. The first-order valence-corrected chi connectivity index (χ1v) is 8.42. The highest BCUT2D eigenvalue weighted by molar-refractivity contribution is 5.85. The maximum Gasteiger partial charge on any atom is 0.220 e. The Kier molecular flexibility index (Phi) is 8.50. The van der Waals surface area contributed by atoms with Gasteiger partial charge in [0.15, 0.2) is 0 Å². The number of carbonyl (C=O) groups excluding carboxylic acids is 1. The highest BCUT2D eigenvalue weighted by Gasteiger charge is 2.32. The summed E-state index contributed by atoms with van der Waals surface area (Å²) in [6.45, 7) is 2.88. The Labute approximate surface area is 149 Å². The molecule has 1 fully saturated rings. The van der Waals surface area contributed by atoms with Crippen molar-refractivity contribution in [2.45, 2.75) is 51.6 Å². The Hall–Kier alpha value is -1.33. The number of halogens is 2. The number of amides is 1. The molecule has 24 heavy (non-hydrogen) atoms. The van der Waals surface area contributed by atoms with E-state index in [0.29, 0.717) is 25.3 Å². The average Bonchev–Trinajstić information content (AvgIpc) is 2.56. The summed E-state index contributed by atoms with van der Waals surface area (Å²) in [6, 6.07) is 5.88. The largest absolute Gasteiger partial charge is 0.489 e. The summed E-state index contributed by atoms with van der Waals surface area (Å²) in [4.78, 5) is 12.2. The molecule has 1 amide bonds. The van der Waals surface area contributed by atoms with Crippen LogP contribution in [0.4, 0.5) is 4.39 Å². The molecule has 136 valence electrons. The standard InChI is InChI=1S/C18H27FN2O2.ClH/c1-14(23-16-7-5-15(19)6-8-16)12-21-17(22)11-18(13-20)9-3-2-4-10-18;/h5-8,14H,2-4,9-13,20H2,1H3,(H,21,22);1H. The van der Waals surface area contributed by atoms with Gasteiger partial charge in [0.05, 0.1) is 6.54 Å². The topological polar surface area (TPSA) is 64.4 Å². The lowest BCUT2D eigenvalue weighted by Gasteiger charge is -2.35. The Morgan fingerprint density at radius 2 is 1.92 bits per heavy atom. The van der Waals surface area contributed by atoms with Gasteiger partial charge in [-0.1, -0.05) is 19.3 Å². The Morgan fingerprint density at radius 1 is 1.29 bits per heavy atom. The van der Waals surface area contributed by atoms with Gasteiger partial charge in [0.2, 0.25) is 5.91 Å². The Morgan fingerprint density at radius 3 is 2.50 bits per heavy atom. The second-order valence-electron chi connectivity index (χ2n) is 6.63. The lowest BCUT2D eigenvalue weighted by atomic mass is 9.71.